The fraction of sp³-hybridized carbons (Fsp3) is 0.105. The zero-order chi connectivity index (χ0) is 18.6. The summed E-state index contributed by atoms with van der Waals surface area (Å²) in [4.78, 5) is 12.3. The summed E-state index contributed by atoms with van der Waals surface area (Å²) in [5, 5.41) is 11.9. The van der Waals surface area contributed by atoms with Gasteiger partial charge in [-0.1, -0.05) is 23.7 Å². The molecule has 0 saturated carbocycles. The van der Waals surface area contributed by atoms with Crippen LogP contribution in [0, 0.1) is 0 Å². The van der Waals surface area contributed by atoms with Gasteiger partial charge in [-0.3, -0.25) is 14.2 Å². The van der Waals surface area contributed by atoms with Gasteiger partial charge in [-0.15, -0.1) is 0 Å². The number of carbonyl (C=O) groups excluding carboxylic acids is 1. The summed E-state index contributed by atoms with van der Waals surface area (Å²) in [6.45, 7) is 1.05. The number of hydrogen-bond donors (Lipinski definition) is 1. The Kier molecular flexibility index (Phi) is 4.76. The number of anilines is 1. The number of furan rings is 1. The molecule has 0 aliphatic carbocycles. The molecule has 1 amide bonds. The highest BCUT2D eigenvalue weighted by atomic mass is 35.5. The molecule has 1 aromatic carbocycles. The first-order valence-electron chi connectivity index (χ1n) is 8.31. The van der Waals surface area contributed by atoms with Gasteiger partial charge < -0.3 is 9.73 Å². The molecule has 8 heteroatoms. The average molecular weight is 382 g/mol. The summed E-state index contributed by atoms with van der Waals surface area (Å²) >= 11 is 5.89. The predicted molar refractivity (Wildman–Crippen MR) is 101 cm³/mol. The topological polar surface area (TPSA) is 77.9 Å². The fourth-order valence-corrected chi connectivity index (χ4v) is 2.74. The molecule has 0 aliphatic rings. The second-order valence-electron chi connectivity index (χ2n) is 5.95. The minimum Gasteiger partial charge on any atom is -0.454 e. The van der Waals surface area contributed by atoms with Crippen LogP contribution >= 0.6 is 11.6 Å². The van der Waals surface area contributed by atoms with Crippen molar-refractivity contribution in [3.8, 4) is 0 Å². The lowest BCUT2D eigenvalue weighted by Crippen LogP contribution is -2.12. The molecule has 0 saturated heterocycles. The SMILES string of the molecule is O=C(Nc1ccn(Cc2ccc(Cl)cc2)n1)c1ccc(Cn2cccn2)o1. The van der Waals surface area contributed by atoms with E-state index in [1.165, 1.54) is 0 Å². The summed E-state index contributed by atoms with van der Waals surface area (Å²) in [6.07, 6.45) is 5.32. The van der Waals surface area contributed by atoms with Gasteiger partial charge in [0.15, 0.2) is 11.6 Å². The lowest BCUT2D eigenvalue weighted by molar-refractivity contribution is 0.0994. The number of nitrogens with one attached hydrogen (secondary N) is 1. The lowest BCUT2D eigenvalue weighted by atomic mass is 10.2. The van der Waals surface area contributed by atoms with Crippen LogP contribution in [0.1, 0.15) is 21.9 Å². The zero-order valence-electron chi connectivity index (χ0n) is 14.2. The van der Waals surface area contributed by atoms with E-state index in [1.54, 1.807) is 40.0 Å². The van der Waals surface area contributed by atoms with E-state index < -0.39 is 0 Å². The van der Waals surface area contributed by atoms with Crippen molar-refractivity contribution < 1.29 is 9.21 Å². The predicted octanol–water partition coefficient (Wildman–Crippen LogP) is 3.67. The summed E-state index contributed by atoms with van der Waals surface area (Å²) in [5.74, 6) is 0.985. The van der Waals surface area contributed by atoms with Crippen molar-refractivity contribution in [2.45, 2.75) is 13.1 Å². The summed E-state index contributed by atoms with van der Waals surface area (Å²) in [7, 11) is 0. The maximum absolute atomic E-state index is 12.3. The molecule has 0 atom stereocenters. The number of carbonyl (C=O) groups is 1. The standard InChI is InChI=1S/C19H16ClN5O2/c20-15-4-2-14(3-5-15)12-25-11-8-18(23-25)22-19(26)17-7-6-16(27-17)13-24-10-1-9-21-24/h1-11H,12-13H2,(H,22,23,26). The highest BCUT2D eigenvalue weighted by Crippen LogP contribution is 2.14. The molecule has 4 aromatic rings. The van der Waals surface area contributed by atoms with Gasteiger partial charge in [-0.2, -0.15) is 10.2 Å². The first-order valence-corrected chi connectivity index (χ1v) is 8.69. The van der Waals surface area contributed by atoms with Gasteiger partial charge in [0, 0.05) is 29.7 Å². The Hall–Kier alpha value is -3.32. The van der Waals surface area contributed by atoms with Crippen molar-refractivity contribution in [3.05, 3.63) is 89.2 Å². The van der Waals surface area contributed by atoms with Gasteiger partial charge >= 0.3 is 0 Å². The molecule has 3 aromatic heterocycles. The van der Waals surface area contributed by atoms with Crippen LogP contribution in [0.5, 0.6) is 0 Å². The number of halogens is 1. The van der Waals surface area contributed by atoms with Crippen molar-refractivity contribution in [1.29, 1.82) is 0 Å². The summed E-state index contributed by atoms with van der Waals surface area (Å²) in [5.41, 5.74) is 1.06. The molecule has 7 nitrogen and oxygen atoms in total. The second-order valence-corrected chi connectivity index (χ2v) is 6.39. The third-order valence-electron chi connectivity index (χ3n) is 3.90. The molecule has 1 N–H and O–H groups in total. The van der Waals surface area contributed by atoms with E-state index in [2.05, 4.69) is 15.5 Å². The molecule has 136 valence electrons. The second kappa shape index (κ2) is 7.51. The quantitative estimate of drug-likeness (QED) is 0.552. The molecule has 0 bridgehead atoms. The highest BCUT2D eigenvalue weighted by molar-refractivity contribution is 6.30. The molecule has 0 radical (unpaired) electrons. The van der Waals surface area contributed by atoms with Crippen LogP contribution in [0.2, 0.25) is 5.02 Å². The van der Waals surface area contributed by atoms with Gasteiger partial charge in [0.1, 0.15) is 5.76 Å². The van der Waals surface area contributed by atoms with E-state index in [0.717, 1.165) is 5.56 Å². The van der Waals surface area contributed by atoms with Gasteiger partial charge in [-0.05, 0) is 35.9 Å². The highest BCUT2D eigenvalue weighted by Gasteiger charge is 2.13. The van der Waals surface area contributed by atoms with Crippen molar-refractivity contribution >= 4 is 23.3 Å². The number of rotatable bonds is 6. The monoisotopic (exact) mass is 381 g/mol. The molecule has 0 aliphatic heterocycles. The van der Waals surface area contributed by atoms with Gasteiger partial charge in [0.05, 0.1) is 13.1 Å². The molecule has 0 spiro atoms. The summed E-state index contributed by atoms with van der Waals surface area (Å²) in [6, 6.07) is 14.5. The smallest absolute Gasteiger partial charge is 0.292 e. The number of amides is 1. The summed E-state index contributed by atoms with van der Waals surface area (Å²) < 4.78 is 9.05. The van der Waals surface area contributed by atoms with Crippen molar-refractivity contribution in [3.63, 3.8) is 0 Å². The van der Waals surface area contributed by atoms with E-state index in [1.807, 2.05) is 36.5 Å². The Balaban J connectivity index is 1.38. The number of aromatic nitrogens is 4. The lowest BCUT2D eigenvalue weighted by Gasteiger charge is -2.02. The fourth-order valence-electron chi connectivity index (χ4n) is 2.61. The van der Waals surface area contributed by atoms with Crippen LogP contribution in [0.25, 0.3) is 0 Å². The van der Waals surface area contributed by atoms with E-state index in [-0.39, 0.29) is 11.7 Å². The van der Waals surface area contributed by atoms with Crippen LogP contribution < -0.4 is 5.32 Å². The Morgan fingerprint density at radius 1 is 1.04 bits per heavy atom. The zero-order valence-corrected chi connectivity index (χ0v) is 15.0. The molecule has 4 rings (SSSR count). The molecule has 27 heavy (non-hydrogen) atoms. The maximum Gasteiger partial charge on any atom is 0.292 e. The Labute approximate surface area is 160 Å². The van der Waals surface area contributed by atoms with E-state index in [9.17, 15) is 4.79 Å². The van der Waals surface area contributed by atoms with Crippen molar-refractivity contribution in [1.82, 2.24) is 19.6 Å². The van der Waals surface area contributed by atoms with E-state index >= 15 is 0 Å². The van der Waals surface area contributed by atoms with Crippen molar-refractivity contribution in [2.75, 3.05) is 5.32 Å². The van der Waals surface area contributed by atoms with Crippen LogP contribution in [0.3, 0.4) is 0 Å². The average Bonchev–Trinajstić information content (AvgIpc) is 3.40. The van der Waals surface area contributed by atoms with Crippen LogP contribution in [-0.4, -0.2) is 25.5 Å². The normalized spacial score (nSPS) is 10.9. The number of nitrogens with zero attached hydrogens (tertiary/aromatic N) is 4. The van der Waals surface area contributed by atoms with Crippen LogP contribution in [0.4, 0.5) is 5.82 Å². The van der Waals surface area contributed by atoms with Gasteiger partial charge in [-0.25, -0.2) is 0 Å². The Bertz CT molecular complexity index is 1030. The Morgan fingerprint density at radius 2 is 1.89 bits per heavy atom. The third-order valence-corrected chi connectivity index (χ3v) is 4.15. The van der Waals surface area contributed by atoms with Gasteiger partial charge in [0.2, 0.25) is 0 Å². The third kappa shape index (κ3) is 4.27. The van der Waals surface area contributed by atoms with Crippen LogP contribution in [-0.2, 0) is 13.1 Å². The maximum atomic E-state index is 12.3. The molecule has 0 unspecified atom stereocenters. The number of hydrogen-bond acceptors (Lipinski definition) is 4. The first-order chi connectivity index (χ1) is 13.2. The minimum absolute atomic E-state index is 0.226. The van der Waals surface area contributed by atoms with Crippen LogP contribution in [0.15, 0.2) is 71.5 Å². The Morgan fingerprint density at radius 3 is 2.67 bits per heavy atom. The van der Waals surface area contributed by atoms with E-state index in [4.69, 9.17) is 16.0 Å². The largest absolute Gasteiger partial charge is 0.454 e. The number of benzene rings is 1. The van der Waals surface area contributed by atoms with Gasteiger partial charge in [0.25, 0.3) is 5.91 Å². The molecular weight excluding hydrogens is 366 g/mol. The van der Waals surface area contributed by atoms with Crippen molar-refractivity contribution in [2.24, 2.45) is 0 Å². The molecule has 0 fully saturated rings. The van der Waals surface area contributed by atoms with E-state index in [0.29, 0.717) is 29.7 Å². The minimum atomic E-state index is -0.349. The first kappa shape index (κ1) is 17.1. The molecular formula is C19H16ClN5O2. The molecule has 3 heterocycles.